The van der Waals surface area contributed by atoms with Crippen molar-refractivity contribution in [2.45, 2.75) is 18.9 Å². The van der Waals surface area contributed by atoms with Crippen molar-refractivity contribution in [3.63, 3.8) is 0 Å². The molecule has 0 spiro atoms. The molecule has 0 fully saturated rings. The van der Waals surface area contributed by atoms with Gasteiger partial charge in [0.25, 0.3) is 5.91 Å². The highest BCUT2D eigenvalue weighted by molar-refractivity contribution is 5.98. The van der Waals surface area contributed by atoms with Crippen molar-refractivity contribution >= 4 is 22.6 Å². The summed E-state index contributed by atoms with van der Waals surface area (Å²) in [6.07, 6.45) is 7.06. The summed E-state index contributed by atoms with van der Waals surface area (Å²) >= 11 is 0. The van der Waals surface area contributed by atoms with Crippen LogP contribution in [0.4, 0.5) is 5.82 Å². The smallest absolute Gasteiger partial charge is 0.274 e. The van der Waals surface area contributed by atoms with Crippen molar-refractivity contribution in [1.29, 1.82) is 0 Å². The van der Waals surface area contributed by atoms with E-state index in [0.717, 1.165) is 46.0 Å². The number of nitrogen functional groups attached to an aromatic ring is 1. The van der Waals surface area contributed by atoms with Crippen LogP contribution in [0.3, 0.4) is 0 Å². The second kappa shape index (κ2) is 8.61. The molecular weight excluding hydrogens is 436 g/mol. The molecule has 7 nitrogen and oxygen atoms in total. The van der Waals surface area contributed by atoms with E-state index in [2.05, 4.69) is 20.3 Å². The summed E-state index contributed by atoms with van der Waals surface area (Å²) in [5.41, 5.74) is 12.5. The van der Waals surface area contributed by atoms with E-state index < -0.39 is 0 Å². The normalized spacial score (nSPS) is 14.6. The van der Waals surface area contributed by atoms with Crippen molar-refractivity contribution in [2.75, 3.05) is 5.73 Å². The molecule has 5 aromatic rings. The van der Waals surface area contributed by atoms with Crippen LogP contribution in [0.15, 0.2) is 85.3 Å². The number of amides is 1. The predicted octanol–water partition coefficient (Wildman–Crippen LogP) is 4.75. The average Bonchev–Trinajstić information content (AvgIpc) is 3.31. The highest BCUT2D eigenvalue weighted by Crippen LogP contribution is 2.33. The van der Waals surface area contributed by atoms with Crippen LogP contribution in [0.25, 0.3) is 33.4 Å². The van der Waals surface area contributed by atoms with E-state index in [1.807, 2.05) is 72.9 Å². The summed E-state index contributed by atoms with van der Waals surface area (Å²) in [5, 5.41) is 4.08. The number of hydrogen-bond donors (Lipinski definition) is 2. The van der Waals surface area contributed by atoms with E-state index in [0.29, 0.717) is 11.4 Å². The van der Waals surface area contributed by atoms with Gasteiger partial charge < -0.3 is 11.1 Å². The number of fused-ring (bicyclic) bond motifs is 2. The second-order valence-electron chi connectivity index (χ2n) is 8.57. The Bertz CT molecular complexity index is 1570. The topological polar surface area (TPSA) is 107 Å². The molecule has 1 aliphatic rings. The van der Waals surface area contributed by atoms with Gasteiger partial charge in [-0.2, -0.15) is 0 Å². The number of rotatable bonds is 4. The number of nitrogens with zero attached hydrogens (tertiary/aromatic N) is 4. The molecule has 0 radical (unpaired) electrons. The zero-order chi connectivity index (χ0) is 23.8. The predicted molar refractivity (Wildman–Crippen MR) is 135 cm³/mol. The maximum atomic E-state index is 13.4. The molecule has 1 aliphatic carbocycles. The van der Waals surface area contributed by atoms with Crippen LogP contribution in [0.5, 0.6) is 0 Å². The maximum Gasteiger partial charge on any atom is 0.274 e. The van der Waals surface area contributed by atoms with Crippen molar-refractivity contribution in [2.24, 2.45) is 0 Å². The molecule has 1 atom stereocenters. The fourth-order valence-corrected chi connectivity index (χ4v) is 4.66. The molecule has 170 valence electrons. The first-order chi connectivity index (χ1) is 17.2. The number of carbonyl (C=O) groups excluding carboxylic acids is 1. The number of aromatic nitrogens is 4. The third-order valence-electron chi connectivity index (χ3n) is 6.39. The van der Waals surface area contributed by atoms with Crippen molar-refractivity contribution in [3.05, 3.63) is 102 Å². The van der Waals surface area contributed by atoms with Gasteiger partial charge in [-0.1, -0.05) is 42.5 Å². The highest BCUT2D eigenvalue weighted by atomic mass is 16.2. The Kier molecular flexibility index (Phi) is 5.15. The van der Waals surface area contributed by atoms with E-state index in [1.54, 1.807) is 12.4 Å². The molecule has 35 heavy (non-hydrogen) atoms. The summed E-state index contributed by atoms with van der Waals surface area (Å²) in [4.78, 5) is 31.4. The van der Waals surface area contributed by atoms with Gasteiger partial charge in [0.05, 0.1) is 22.9 Å². The number of benzene rings is 2. The first-order valence-electron chi connectivity index (χ1n) is 11.5. The quantitative estimate of drug-likeness (QED) is 0.402. The zero-order valence-electron chi connectivity index (χ0n) is 18.8. The van der Waals surface area contributed by atoms with Crippen LogP contribution in [0.2, 0.25) is 0 Å². The molecule has 0 bridgehead atoms. The lowest BCUT2D eigenvalue weighted by molar-refractivity contribution is 0.0932. The van der Waals surface area contributed by atoms with Crippen molar-refractivity contribution < 1.29 is 4.79 Å². The fourth-order valence-electron chi connectivity index (χ4n) is 4.66. The largest absolute Gasteiger partial charge is 0.382 e. The van der Waals surface area contributed by atoms with Gasteiger partial charge in [-0.05, 0) is 48.2 Å². The molecular formula is C28H22N6O. The minimum absolute atomic E-state index is 0.0977. The number of aryl methyl sites for hydroxylation is 1. The fraction of sp³-hybridized carbons (Fsp3) is 0.107. The van der Waals surface area contributed by atoms with Gasteiger partial charge in [0.2, 0.25) is 0 Å². The van der Waals surface area contributed by atoms with E-state index >= 15 is 0 Å². The standard InChI is InChI=1S/C28H22N6O/c29-27-26(28(35)32-23-11-9-20-16-30-14-12-21(20)23)33-25(24(34-27)17-5-2-1-3-6-17)19-8-10-22-18(15-19)7-4-13-31-22/h1-8,10,12-16,23H,9,11H2,(H2,29,34)(H,32,35). The maximum absolute atomic E-state index is 13.4. The summed E-state index contributed by atoms with van der Waals surface area (Å²) in [5.74, 6) is -0.242. The Morgan fingerprint density at radius 3 is 2.66 bits per heavy atom. The number of carbonyl (C=O) groups is 1. The number of nitrogens with one attached hydrogen (secondary N) is 1. The zero-order valence-corrected chi connectivity index (χ0v) is 18.8. The van der Waals surface area contributed by atoms with Gasteiger partial charge in [-0.25, -0.2) is 9.97 Å². The van der Waals surface area contributed by atoms with Crippen LogP contribution >= 0.6 is 0 Å². The molecule has 1 unspecified atom stereocenters. The molecule has 1 amide bonds. The van der Waals surface area contributed by atoms with E-state index in [4.69, 9.17) is 10.7 Å². The molecule has 3 heterocycles. The lowest BCUT2D eigenvalue weighted by Gasteiger charge is -2.16. The van der Waals surface area contributed by atoms with Gasteiger partial charge in [0.1, 0.15) is 0 Å². The molecule has 0 aliphatic heterocycles. The summed E-state index contributed by atoms with van der Waals surface area (Å²) in [6.45, 7) is 0. The van der Waals surface area contributed by atoms with Gasteiger partial charge in [-0.15, -0.1) is 0 Å². The Labute approximate surface area is 202 Å². The third kappa shape index (κ3) is 3.87. The molecule has 0 saturated heterocycles. The molecule has 3 N–H and O–H groups in total. The van der Waals surface area contributed by atoms with Crippen molar-refractivity contribution in [1.82, 2.24) is 25.3 Å². The summed E-state index contributed by atoms with van der Waals surface area (Å²) in [6, 6.07) is 21.4. The summed E-state index contributed by atoms with van der Waals surface area (Å²) < 4.78 is 0. The Morgan fingerprint density at radius 1 is 0.914 bits per heavy atom. The van der Waals surface area contributed by atoms with Crippen LogP contribution in [0.1, 0.15) is 34.1 Å². The lowest BCUT2D eigenvalue weighted by atomic mass is 10.0. The number of pyridine rings is 2. The SMILES string of the molecule is Nc1nc(-c2ccccc2)c(-c2ccc3ncccc3c2)nc1C(=O)NC1CCc2cnccc21. The Morgan fingerprint density at radius 2 is 1.77 bits per heavy atom. The Balaban J connectivity index is 1.44. The monoisotopic (exact) mass is 458 g/mol. The van der Waals surface area contributed by atoms with Gasteiger partial charge in [-0.3, -0.25) is 14.8 Å². The van der Waals surface area contributed by atoms with Gasteiger partial charge in [0, 0.05) is 35.1 Å². The lowest BCUT2D eigenvalue weighted by Crippen LogP contribution is -2.29. The molecule has 6 rings (SSSR count). The van der Waals surface area contributed by atoms with Crippen LogP contribution in [-0.2, 0) is 6.42 Å². The van der Waals surface area contributed by atoms with E-state index in [1.165, 1.54) is 0 Å². The third-order valence-corrected chi connectivity index (χ3v) is 6.39. The first kappa shape index (κ1) is 20.9. The van der Waals surface area contributed by atoms with Crippen molar-refractivity contribution in [3.8, 4) is 22.5 Å². The van der Waals surface area contributed by atoms with Crippen LogP contribution in [0, 0.1) is 0 Å². The molecule has 2 aromatic carbocycles. The number of hydrogen-bond acceptors (Lipinski definition) is 6. The average molecular weight is 459 g/mol. The van der Waals surface area contributed by atoms with E-state index in [9.17, 15) is 4.79 Å². The van der Waals surface area contributed by atoms with E-state index in [-0.39, 0.29) is 23.5 Å². The minimum Gasteiger partial charge on any atom is -0.382 e. The number of anilines is 1. The van der Waals surface area contributed by atoms with Crippen LogP contribution in [-0.4, -0.2) is 25.8 Å². The van der Waals surface area contributed by atoms with Gasteiger partial charge in [0.15, 0.2) is 11.5 Å². The minimum atomic E-state index is -0.340. The van der Waals surface area contributed by atoms with Gasteiger partial charge >= 0.3 is 0 Å². The summed E-state index contributed by atoms with van der Waals surface area (Å²) in [7, 11) is 0. The Hall–Kier alpha value is -4.65. The molecule has 7 heteroatoms. The first-order valence-corrected chi connectivity index (χ1v) is 11.5. The second-order valence-corrected chi connectivity index (χ2v) is 8.57. The number of nitrogens with two attached hydrogens (primary N) is 1. The molecule has 0 saturated carbocycles. The van der Waals surface area contributed by atoms with Crippen LogP contribution < -0.4 is 11.1 Å². The molecule has 3 aromatic heterocycles. The highest BCUT2D eigenvalue weighted by Gasteiger charge is 2.27.